The molecule has 0 saturated heterocycles. The number of rotatable bonds is 4. The van der Waals surface area contributed by atoms with Crippen LogP contribution in [0, 0.1) is 0 Å². The maximum absolute atomic E-state index is 12.1. The lowest BCUT2D eigenvalue weighted by molar-refractivity contribution is -0.383. The van der Waals surface area contributed by atoms with Gasteiger partial charge in [0, 0.05) is 0 Å². The van der Waals surface area contributed by atoms with Crippen molar-refractivity contribution < 1.29 is 39.9 Å². The summed E-state index contributed by atoms with van der Waals surface area (Å²) in [5, 5.41) is 0. The SMILES string of the molecule is C=C(F)C(F)(F)OC(F)(F)CC(F)(F)F. The molecule has 0 bridgehead atoms. The Bertz CT molecular complexity index is 242. The van der Waals surface area contributed by atoms with E-state index in [1.165, 1.54) is 0 Å². The summed E-state index contributed by atoms with van der Waals surface area (Å²) in [6.45, 7) is 1.95. The lowest BCUT2D eigenvalue weighted by Crippen LogP contribution is -2.36. The fourth-order valence-electron chi connectivity index (χ4n) is 0.512. The van der Waals surface area contributed by atoms with Gasteiger partial charge in [0.15, 0.2) is 5.83 Å². The molecular weight excluding hydrogens is 240 g/mol. The maximum Gasteiger partial charge on any atom is 0.413 e. The summed E-state index contributed by atoms with van der Waals surface area (Å²) < 4.78 is 96.8. The zero-order valence-electron chi connectivity index (χ0n) is 6.85. The molecule has 0 rings (SSSR count). The van der Waals surface area contributed by atoms with Crippen molar-refractivity contribution in [2.24, 2.45) is 0 Å². The van der Waals surface area contributed by atoms with E-state index in [1.54, 1.807) is 0 Å². The highest BCUT2D eigenvalue weighted by Crippen LogP contribution is 2.38. The molecule has 0 aromatic heterocycles. The molecule has 0 aromatic rings. The Morgan fingerprint density at radius 2 is 1.40 bits per heavy atom. The Hall–Kier alpha value is -0.860. The van der Waals surface area contributed by atoms with E-state index in [0.29, 0.717) is 0 Å². The largest absolute Gasteiger partial charge is 0.413 e. The average molecular weight is 244 g/mol. The second-order valence-corrected chi connectivity index (χ2v) is 2.45. The molecule has 90 valence electrons. The number of halogens is 8. The van der Waals surface area contributed by atoms with E-state index in [0.717, 1.165) is 0 Å². The van der Waals surface area contributed by atoms with E-state index in [-0.39, 0.29) is 0 Å². The molecule has 0 N–H and O–H groups in total. The second kappa shape index (κ2) is 3.95. The first-order valence-electron chi connectivity index (χ1n) is 3.23. The van der Waals surface area contributed by atoms with Gasteiger partial charge in [-0.25, -0.2) is 9.13 Å². The van der Waals surface area contributed by atoms with Gasteiger partial charge in [0.2, 0.25) is 0 Å². The van der Waals surface area contributed by atoms with Crippen LogP contribution in [0.2, 0.25) is 0 Å². The Morgan fingerprint density at radius 3 is 1.67 bits per heavy atom. The predicted octanol–water partition coefficient (Wildman–Crippen LogP) is 3.62. The summed E-state index contributed by atoms with van der Waals surface area (Å²) in [5.41, 5.74) is 0. The van der Waals surface area contributed by atoms with Crippen LogP contribution < -0.4 is 0 Å². The molecule has 0 amide bonds. The van der Waals surface area contributed by atoms with E-state index in [9.17, 15) is 35.1 Å². The van der Waals surface area contributed by atoms with Crippen molar-refractivity contribution in [1.82, 2.24) is 0 Å². The Morgan fingerprint density at radius 1 is 1.00 bits per heavy atom. The molecule has 0 spiro atoms. The van der Waals surface area contributed by atoms with E-state index in [4.69, 9.17) is 0 Å². The van der Waals surface area contributed by atoms with Gasteiger partial charge < -0.3 is 0 Å². The zero-order valence-corrected chi connectivity index (χ0v) is 6.85. The molecule has 0 saturated carbocycles. The summed E-state index contributed by atoms with van der Waals surface area (Å²) >= 11 is 0. The molecule has 0 fully saturated rings. The third-order valence-electron chi connectivity index (χ3n) is 1.000. The van der Waals surface area contributed by atoms with Crippen molar-refractivity contribution in [1.29, 1.82) is 0 Å². The Labute approximate surface area is 78.3 Å². The number of hydrogen-bond donors (Lipinski definition) is 0. The van der Waals surface area contributed by atoms with Gasteiger partial charge in [-0.2, -0.15) is 30.7 Å². The molecule has 0 unspecified atom stereocenters. The maximum atomic E-state index is 12.1. The lowest BCUT2D eigenvalue weighted by atomic mass is 10.4. The monoisotopic (exact) mass is 244 g/mol. The summed E-state index contributed by atoms with van der Waals surface area (Å²) in [6, 6.07) is 0. The molecule has 0 atom stereocenters. The zero-order chi connectivity index (χ0) is 12.5. The standard InChI is InChI=1S/C6H4F8O/c1-3(7)6(13,14)15-5(11,12)2-4(8,9)10/h1-2H2. The van der Waals surface area contributed by atoms with Gasteiger partial charge in [-0.1, -0.05) is 6.58 Å². The predicted molar refractivity (Wildman–Crippen MR) is 31.9 cm³/mol. The molecule has 9 heteroatoms. The topological polar surface area (TPSA) is 9.23 Å². The van der Waals surface area contributed by atoms with Crippen LogP contribution in [0.25, 0.3) is 0 Å². The van der Waals surface area contributed by atoms with Gasteiger partial charge in [0.25, 0.3) is 0 Å². The lowest BCUT2D eigenvalue weighted by Gasteiger charge is -2.22. The van der Waals surface area contributed by atoms with E-state index < -0.39 is 30.6 Å². The summed E-state index contributed by atoms with van der Waals surface area (Å²) in [5.74, 6) is -2.61. The first-order valence-corrected chi connectivity index (χ1v) is 3.23. The van der Waals surface area contributed by atoms with Crippen LogP contribution in [0.5, 0.6) is 0 Å². The van der Waals surface area contributed by atoms with Crippen LogP contribution in [0.3, 0.4) is 0 Å². The highest BCUT2D eigenvalue weighted by Gasteiger charge is 2.52. The third kappa shape index (κ3) is 5.55. The molecule has 0 heterocycles. The Balaban J connectivity index is 4.58. The normalized spacial score (nSPS) is 14.1. The number of hydrogen-bond acceptors (Lipinski definition) is 1. The first kappa shape index (κ1) is 14.1. The van der Waals surface area contributed by atoms with Crippen molar-refractivity contribution in [2.75, 3.05) is 0 Å². The van der Waals surface area contributed by atoms with Crippen molar-refractivity contribution in [2.45, 2.75) is 24.8 Å². The minimum atomic E-state index is -5.42. The van der Waals surface area contributed by atoms with Crippen LogP contribution in [-0.2, 0) is 4.74 Å². The highest BCUT2D eigenvalue weighted by atomic mass is 19.4. The van der Waals surface area contributed by atoms with Crippen LogP contribution in [0.4, 0.5) is 35.1 Å². The third-order valence-corrected chi connectivity index (χ3v) is 1.000. The van der Waals surface area contributed by atoms with Crippen molar-refractivity contribution in [3.8, 4) is 0 Å². The van der Waals surface area contributed by atoms with Gasteiger partial charge in [-0.3, -0.25) is 0 Å². The molecule has 15 heavy (non-hydrogen) atoms. The molecule has 0 radical (unpaired) electrons. The minimum Gasteiger partial charge on any atom is -0.249 e. The molecule has 0 aliphatic heterocycles. The minimum absolute atomic E-state index is 1.95. The molecular formula is C6H4F8O. The van der Waals surface area contributed by atoms with Gasteiger partial charge in [-0.05, 0) is 0 Å². The summed E-state index contributed by atoms with van der Waals surface area (Å²) in [6.07, 6.45) is -18.7. The molecule has 1 nitrogen and oxygen atoms in total. The van der Waals surface area contributed by atoms with Gasteiger partial charge in [0.05, 0.1) is 0 Å². The number of alkyl halides is 7. The van der Waals surface area contributed by atoms with E-state index >= 15 is 0 Å². The van der Waals surface area contributed by atoms with Crippen LogP contribution >= 0.6 is 0 Å². The highest BCUT2D eigenvalue weighted by molar-refractivity contribution is 4.91. The molecule has 0 aliphatic carbocycles. The van der Waals surface area contributed by atoms with Crippen LogP contribution in [0.1, 0.15) is 6.42 Å². The van der Waals surface area contributed by atoms with Gasteiger partial charge in [-0.15, -0.1) is 0 Å². The first-order chi connectivity index (χ1) is 6.36. The smallest absolute Gasteiger partial charge is 0.249 e. The molecule has 0 aliphatic rings. The van der Waals surface area contributed by atoms with Crippen LogP contribution in [0.15, 0.2) is 12.4 Å². The van der Waals surface area contributed by atoms with E-state index in [1.807, 2.05) is 6.58 Å². The average Bonchev–Trinajstić information content (AvgIpc) is 1.75. The van der Waals surface area contributed by atoms with Crippen molar-refractivity contribution in [3.63, 3.8) is 0 Å². The van der Waals surface area contributed by atoms with Crippen molar-refractivity contribution >= 4 is 0 Å². The second-order valence-electron chi connectivity index (χ2n) is 2.45. The fourth-order valence-corrected chi connectivity index (χ4v) is 0.512. The van der Waals surface area contributed by atoms with Gasteiger partial charge in [0.1, 0.15) is 6.42 Å². The van der Waals surface area contributed by atoms with Crippen molar-refractivity contribution in [3.05, 3.63) is 12.4 Å². The quantitative estimate of drug-likeness (QED) is 0.686. The number of ether oxygens (including phenoxy) is 1. The summed E-state index contributed by atoms with van der Waals surface area (Å²) in [4.78, 5) is 0. The summed E-state index contributed by atoms with van der Waals surface area (Å²) in [7, 11) is 0. The van der Waals surface area contributed by atoms with E-state index in [2.05, 4.69) is 4.74 Å². The Kier molecular flexibility index (Phi) is 3.72. The van der Waals surface area contributed by atoms with Gasteiger partial charge >= 0.3 is 18.4 Å². The van der Waals surface area contributed by atoms with Crippen LogP contribution in [-0.4, -0.2) is 18.4 Å². The fraction of sp³-hybridized carbons (Fsp3) is 0.667. The molecule has 0 aromatic carbocycles.